The van der Waals surface area contributed by atoms with Crippen molar-refractivity contribution in [3.8, 4) is 29.8 Å². The van der Waals surface area contributed by atoms with Crippen molar-refractivity contribution in [3.63, 3.8) is 0 Å². The van der Waals surface area contributed by atoms with Gasteiger partial charge in [-0.05, 0) is 212 Å². The van der Waals surface area contributed by atoms with Gasteiger partial charge < -0.3 is 60.4 Å². The van der Waals surface area contributed by atoms with Gasteiger partial charge in [-0.2, -0.15) is 0 Å². The molecule has 9 nitrogen and oxygen atoms in total. The Morgan fingerprint density at radius 1 is 0.462 bits per heavy atom. The van der Waals surface area contributed by atoms with Gasteiger partial charge in [0.1, 0.15) is 11.5 Å². The monoisotopic (exact) mass is 1870 g/mol. The van der Waals surface area contributed by atoms with Gasteiger partial charge in [0.15, 0.2) is 48.3 Å². The summed E-state index contributed by atoms with van der Waals surface area (Å²) in [5.41, 5.74) is -0.428. The predicted molar refractivity (Wildman–Crippen MR) is 538 cm³/mol. The van der Waals surface area contributed by atoms with Gasteiger partial charge in [-0.3, -0.25) is 6.08 Å². The Labute approximate surface area is 775 Å². The van der Waals surface area contributed by atoms with Crippen LogP contribution >= 0.6 is 22.6 Å². The standard InChI is InChI=1S/C23H49BOSi.C15H33BO3Si.C15H31IOSi.C15H31OSi.C15H30OSi.C8H13.C6H4BO2.Cu.Li/c1-12-13-15-23(9,25-26(10,11)22(6,7)8)16-14-17-24(18-20(2)3)19-21(4)5;1-8-9-11-15(5,12-10-13-16(17)18)19-20(6,7)14(2,3)4;1-8-9-11-15(5,12-10-13-16)17-18(6,7)14(2,3)4;2*1-9-11-13-15(6,12-10-2)16-17(7,8)14(3,4)5;1-3-5-7-8-6-4-2;1-2-4-6-5(3-1)8-7-9-6;;/h14,17,20-21H,12-13,15-16,18-19H2,1-11H3;10,13,17-18H,8-9,11-12H2,1-7H3;10,13H,8-9,11-12H2,1-7H3;2,10H,9,11-13H2,1,3-8H3;2H,9,11-13H2,1,3-8H3;3,5-8H2,1H3;1-4H;;/q;;;-1;;-1;;2*+1/b17-14+;2*13-10+;;;;;;. The van der Waals surface area contributed by atoms with Crippen molar-refractivity contribution in [2.24, 2.45) is 11.8 Å². The summed E-state index contributed by atoms with van der Waals surface area (Å²) in [7, 11) is -8.74. The maximum atomic E-state index is 8.92. The van der Waals surface area contributed by atoms with Crippen LogP contribution in [0.2, 0.25) is 103 Å². The Kier molecular flexibility index (Phi) is 69.7. The first kappa shape index (κ1) is 130. The molecule has 5 unspecified atom stereocenters. The molecule has 1 heterocycles. The minimum atomic E-state index is -1.83. The van der Waals surface area contributed by atoms with Crippen molar-refractivity contribution < 1.29 is 77.4 Å². The topological polar surface area (TPSA) is 105 Å². The smallest absolute Gasteiger partial charge is 0.694 e. The van der Waals surface area contributed by atoms with E-state index >= 15 is 0 Å². The number of para-hydroxylation sites is 2. The summed E-state index contributed by atoms with van der Waals surface area (Å²) in [6.07, 6.45) is 50.7. The van der Waals surface area contributed by atoms with Crippen molar-refractivity contribution >= 4 is 85.7 Å². The van der Waals surface area contributed by atoms with E-state index in [1.54, 1.807) is 6.08 Å². The predicted octanol–water partition coefficient (Wildman–Crippen LogP) is 29.3. The van der Waals surface area contributed by atoms with Crippen molar-refractivity contribution in [1.29, 1.82) is 0 Å². The van der Waals surface area contributed by atoms with E-state index in [0.29, 0.717) is 6.71 Å². The molecule has 0 bridgehead atoms. The molecule has 117 heavy (non-hydrogen) atoms. The van der Waals surface area contributed by atoms with Gasteiger partial charge in [0.05, 0.1) is 28.0 Å². The molecule has 2 rings (SSSR count). The average molecular weight is 1870 g/mol. The normalized spacial score (nSPS) is 15.3. The Bertz CT molecular complexity index is 2820. The molecular formula is C97H191B3CuILiO9Si5. The van der Waals surface area contributed by atoms with Crippen LogP contribution in [0.5, 0.6) is 11.5 Å². The fourth-order valence-electron chi connectivity index (χ4n) is 12.1. The Hall–Kier alpha value is -0.254. The third kappa shape index (κ3) is 61.0. The Morgan fingerprint density at radius 3 is 0.983 bits per heavy atom. The molecule has 0 fully saturated rings. The van der Waals surface area contributed by atoms with E-state index < -0.39 is 48.7 Å². The molecule has 1 aliphatic rings. The fraction of sp³-hybridized carbons (Fsp3) is 0.814. The number of terminal acetylenes is 1. The molecule has 0 saturated heterocycles. The molecule has 1 aliphatic heterocycles. The second-order valence-corrected chi connectivity index (χ2v) is 67.3. The van der Waals surface area contributed by atoms with Crippen molar-refractivity contribution in [3.05, 3.63) is 77.6 Å². The molecule has 0 saturated carbocycles. The zero-order valence-corrected chi connectivity index (χ0v) is 93.0. The SMILES string of the molecule is C#CCC(C)(CCCC)O[Si](C)(C)C(C)(C)C.CCCCC(C)(C/C=C/B(CC(C)C)CC(C)C)O[Si](C)(C)C(C)(C)C.CCCCC(C)(C/C=C/B(O)O)O[Si](C)(C)C(C)(C)C.CCCCC(C)(C/C=C/I)O[Si](C)(C)C(C)(C)C.[B]1Oc2ccccc2O1.[C-]#CCCCCCC.[CH-]=CCC(C)(CCCC)O[Si](C)(C)C(C)(C)C.[Cu+].[Li+]. The molecule has 0 aliphatic carbocycles. The van der Waals surface area contributed by atoms with E-state index in [1.807, 2.05) is 30.3 Å². The molecule has 2 N–H and O–H groups in total. The van der Waals surface area contributed by atoms with Gasteiger partial charge in [-0.15, -0.1) is 18.3 Å². The molecule has 1 aromatic carbocycles. The van der Waals surface area contributed by atoms with Crippen LogP contribution in [0.4, 0.5) is 0 Å². The molecule has 0 aromatic heterocycles. The van der Waals surface area contributed by atoms with E-state index in [1.165, 1.54) is 103 Å². The van der Waals surface area contributed by atoms with Crippen LogP contribution in [0, 0.1) is 43.1 Å². The van der Waals surface area contributed by atoms with Crippen LogP contribution in [0.25, 0.3) is 0 Å². The molecular weight excluding hydrogens is 1680 g/mol. The van der Waals surface area contributed by atoms with E-state index in [0.717, 1.165) is 107 Å². The number of hydrogen-bond donors (Lipinski definition) is 2. The second-order valence-electron chi connectivity index (χ2n) is 42.9. The van der Waals surface area contributed by atoms with Gasteiger partial charge in [0.25, 0.3) is 0 Å². The number of rotatable bonds is 44. The molecule has 681 valence electrons. The van der Waals surface area contributed by atoms with Gasteiger partial charge in [-0.1, -0.05) is 340 Å². The maximum absolute atomic E-state index is 8.92. The van der Waals surface area contributed by atoms with E-state index in [-0.39, 0.29) is 89.1 Å². The summed E-state index contributed by atoms with van der Waals surface area (Å²) in [5, 5.41) is 19.1. The zero-order valence-electron chi connectivity index (χ0n) is 84.9. The van der Waals surface area contributed by atoms with Gasteiger partial charge in [0.2, 0.25) is 0 Å². The van der Waals surface area contributed by atoms with Crippen LogP contribution in [-0.2, 0) is 39.2 Å². The summed E-state index contributed by atoms with van der Waals surface area (Å²) >= 11 is 2.29. The van der Waals surface area contributed by atoms with Crippen LogP contribution < -0.4 is 28.2 Å². The Morgan fingerprint density at radius 2 is 0.735 bits per heavy atom. The van der Waals surface area contributed by atoms with E-state index in [4.69, 9.17) is 60.9 Å². The third-order valence-electron chi connectivity index (χ3n) is 24.2. The summed E-state index contributed by atoms with van der Waals surface area (Å²) < 4.78 is 45.3. The summed E-state index contributed by atoms with van der Waals surface area (Å²) in [5.74, 6) is 12.2. The van der Waals surface area contributed by atoms with E-state index in [9.17, 15) is 0 Å². The molecule has 1 aromatic rings. The maximum Gasteiger partial charge on any atom is 1.00 e. The molecule has 1 radical (unpaired) electrons. The number of fused-ring (bicyclic) bond motifs is 1. The first-order valence-corrected chi connectivity index (χ1v) is 61.1. The first-order chi connectivity index (χ1) is 52.3. The van der Waals surface area contributed by atoms with Gasteiger partial charge in [-0.25, -0.2) is 0 Å². The van der Waals surface area contributed by atoms with Crippen LogP contribution in [0.3, 0.4) is 0 Å². The molecule has 0 amide bonds. The Balaban J connectivity index is -0.000000246. The number of unbranched alkanes of at least 4 members (excludes halogenated alkanes) is 9. The molecule has 0 spiro atoms. The van der Waals surface area contributed by atoms with Crippen LogP contribution in [0.1, 0.15) is 368 Å². The fourth-order valence-corrected chi connectivity index (χ4v) is 21.0. The summed E-state index contributed by atoms with van der Waals surface area (Å²) in [6.45, 7) is 97.8. The summed E-state index contributed by atoms with van der Waals surface area (Å²) in [6, 6.07) is 7.53. The second kappa shape index (κ2) is 62.8. The average Bonchev–Trinajstić information content (AvgIpc) is 1.49. The quantitative estimate of drug-likeness (QED) is 0.0217. The van der Waals surface area contributed by atoms with Gasteiger partial charge >= 0.3 is 50.7 Å². The number of benzene rings is 1. The largest absolute Gasteiger partial charge is 1.00 e. The van der Waals surface area contributed by atoms with Crippen molar-refractivity contribution in [1.82, 2.24) is 0 Å². The van der Waals surface area contributed by atoms with Crippen molar-refractivity contribution in [2.75, 3.05) is 0 Å². The van der Waals surface area contributed by atoms with Crippen LogP contribution in [0.15, 0.2) is 64.6 Å². The van der Waals surface area contributed by atoms with E-state index in [2.05, 4.69) is 330 Å². The first-order valence-electron chi connectivity index (χ1n) is 45.3. The molecule has 20 heteroatoms. The minimum absolute atomic E-state index is 0. The van der Waals surface area contributed by atoms with Crippen LogP contribution in [-0.4, -0.2) is 101 Å². The molecule has 5 atom stereocenters. The minimum Gasteiger partial charge on any atom is -0.694 e. The number of hydrogen-bond acceptors (Lipinski definition) is 9. The zero-order chi connectivity index (χ0) is 90.9. The number of halogens is 1. The third-order valence-corrected chi connectivity index (χ3v) is 47.8. The van der Waals surface area contributed by atoms with Gasteiger partial charge in [0, 0.05) is 6.42 Å². The summed E-state index contributed by atoms with van der Waals surface area (Å²) in [4.78, 5) is 0. The van der Waals surface area contributed by atoms with Crippen molar-refractivity contribution in [2.45, 2.75) is 500 Å².